The monoisotopic (exact) mass is 371 g/mol. The fourth-order valence-corrected chi connectivity index (χ4v) is 3.79. The van der Waals surface area contributed by atoms with Gasteiger partial charge in [-0.15, -0.1) is 0 Å². The van der Waals surface area contributed by atoms with Crippen LogP contribution < -0.4 is 20.3 Å². The van der Waals surface area contributed by atoms with Crippen LogP contribution in [0.4, 0.5) is 11.4 Å². The number of amides is 2. The van der Waals surface area contributed by atoms with E-state index in [9.17, 15) is 9.59 Å². The minimum Gasteiger partial charge on any atom is -0.496 e. The van der Waals surface area contributed by atoms with Crippen LogP contribution in [0.1, 0.15) is 16.8 Å². The number of hydrogen-bond donors (Lipinski definition) is 2. The molecule has 0 radical (unpaired) electrons. The molecule has 2 amide bonds. The Kier molecular flexibility index (Phi) is 4.20. The number of para-hydroxylation sites is 2. The summed E-state index contributed by atoms with van der Waals surface area (Å²) in [6.45, 7) is 0.573. The van der Waals surface area contributed by atoms with Crippen LogP contribution in [-0.2, 0) is 4.79 Å². The number of ether oxygens (including phenoxy) is 1. The summed E-state index contributed by atoms with van der Waals surface area (Å²) >= 11 is 6.01. The van der Waals surface area contributed by atoms with E-state index in [1.807, 2.05) is 29.2 Å². The summed E-state index contributed by atoms with van der Waals surface area (Å²) in [5, 5.41) is 6.40. The molecule has 1 fully saturated rings. The van der Waals surface area contributed by atoms with Crippen molar-refractivity contribution in [2.45, 2.75) is 18.5 Å². The maximum absolute atomic E-state index is 12.7. The van der Waals surface area contributed by atoms with E-state index >= 15 is 0 Å². The van der Waals surface area contributed by atoms with Crippen molar-refractivity contribution in [2.75, 3.05) is 23.9 Å². The summed E-state index contributed by atoms with van der Waals surface area (Å²) in [5.41, 5.74) is 2.17. The number of rotatable bonds is 3. The molecule has 2 N–H and O–H groups in total. The first-order valence-corrected chi connectivity index (χ1v) is 8.75. The SMILES string of the molecule is COc1ccc(Cl)cc1C(=O)N[C@H]1C[C@@H]2C(=O)Nc3ccccc3N2C1. The number of halogens is 1. The van der Waals surface area contributed by atoms with Crippen LogP contribution in [0, 0.1) is 0 Å². The first kappa shape index (κ1) is 16.7. The molecule has 0 saturated carbocycles. The predicted octanol–water partition coefficient (Wildman–Crippen LogP) is 2.68. The molecule has 26 heavy (non-hydrogen) atoms. The fourth-order valence-electron chi connectivity index (χ4n) is 3.62. The molecule has 0 bridgehead atoms. The van der Waals surface area contributed by atoms with Gasteiger partial charge in [0.1, 0.15) is 11.8 Å². The second-order valence-electron chi connectivity index (χ2n) is 6.43. The Labute approximate surface area is 156 Å². The number of methoxy groups -OCH3 is 1. The Balaban J connectivity index is 1.54. The van der Waals surface area contributed by atoms with Crippen molar-refractivity contribution < 1.29 is 14.3 Å². The van der Waals surface area contributed by atoms with E-state index in [1.54, 1.807) is 18.2 Å². The number of nitrogens with one attached hydrogen (secondary N) is 2. The Bertz CT molecular complexity index is 886. The first-order valence-electron chi connectivity index (χ1n) is 8.38. The molecular weight excluding hydrogens is 354 g/mol. The predicted molar refractivity (Wildman–Crippen MR) is 100 cm³/mol. The fraction of sp³-hybridized carbons (Fsp3) is 0.263. The van der Waals surface area contributed by atoms with Crippen LogP contribution in [0.15, 0.2) is 42.5 Å². The number of carbonyl (C=O) groups is 2. The number of hydrogen-bond acceptors (Lipinski definition) is 4. The largest absolute Gasteiger partial charge is 0.496 e. The summed E-state index contributed by atoms with van der Waals surface area (Å²) < 4.78 is 5.25. The lowest BCUT2D eigenvalue weighted by Crippen LogP contribution is -2.44. The molecule has 2 aliphatic rings. The second-order valence-corrected chi connectivity index (χ2v) is 6.86. The van der Waals surface area contributed by atoms with E-state index in [-0.39, 0.29) is 23.9 Å². The van der Waals surface area contributed by atoms with E-state index in [2.05, 4.69) is 10.6 Å². The molecule has 7 heteroatoms. The summed E-state index contributed by atoms with van der Waals surface area (Å²) in [5.74, 6) is 0.161. The average Bonchev–Trinajstić information content (AvgIpc) is 3.06. The quantitative estimate of drug-likeness (QED) is 0.870. The van der Waals surface area contributed by atoms with Crippen LogP contribution in [0.5, 0.6) is 5.75 Å². The van der Waals surface area contributed by atoms with E-state index in [0.717, 1.165) is 11.4 Å². The van der Waals surface area contributed by atoms with Gasteiger partial charge in [-0.1, -0.05) is 23.7 Å². The highest BCUT2D eigenvalue weighted by Crippen LogP contribution is 2.36. The van der Waals surface area contributed by atoms with E-state index in [4.69, 9.17) is 16.3 Å². The number of carbonyl (C=O) groups excluding carboxylic acids is 2. The molecule has 1 saturated heterocycles. The highest BCUT2D eigenvalue weighted by atomic mass is 35.5. The van der Waals surface area contributed by atoms with E-state index in [0.29, 0.717) is 29.3 Å². The van der Waals surface area contributed by atoms with Crippen LogP contribution in [0.2, 0.25) is 5.02 Å². The third-order valence-corrected chi connectivity index (χ3v) is 5.05. The first-order chi connectivity index (χ1) is 12.6. The molecule has 0 spiro atoms. The van der Waals surface area contributed by atoms with Gasteiger partial charge in [-0.05, 0) is 36.8 Å². The maximum Gasteiger partial charge on any atom is 0.255 e. The van der Waals surface area contributed by atoms with Crippen molar-refractivity contribution in [3.63, 3.8) is 0 Å². The minimum atomic E-state index is -0.281. The van der Waals surface area contributed by atoms with Crippen LogP contribution in [0.25, 0.3) is 0 Å². The molecular formula is C19H18ClN3O3. The third-order valence-electron chi connectivity index (χ3n) is 4.82. The zero-order valence-electron chi connectivity index (χ0n) is 14.2. The zero-order valence-corrected chi connectivity index (χ0v) is 14.9. The number of anilines is 2. The molecule has 0 aromatic heterocycles. The van der Waals surface area contributed by atoms with Gasteiger partial charge >= 0.3 is 0 Å². The third kappa shape index (κ3) is 2.86. The standard InChI is InChI=1S/C19H18ClN3O3/c1-26-17-7-6-11(20)8-13(17)18(24)21-12-9-16-19(25)22-14-4-2-3-5-15(14)23(16)10-12/h2-8,12,16H,9-10H2,1H3,(H,21,24)(H,22,25)/t12-,16+/m0/s1. The number of fused-ring (bicyclic) bond motifs is 3. The van der Waals surface area contributed by atoms with Gasteiger partial charge in [0.15, 0.2) is 0 Å². The Morgan fingerprint density at radius 1 is 1.31 bits per heavy atom. The van der Waals surface area contributed by atoms with Crippen molar-refractivity contribution in [3.05, 3.63) is 53.1 Å². The van der Waals surface area contributed by atoms with Crippen molar-refractivity contribution in [2.24, 2.45) is 0 Å². The van der Waals surface area contributed by atoms with Crippen LogP contribution in [-0.4, -0.2) is 37.6 Å². The molecule has 4 rings (SSSR count). The van der Waals surface area contributed by atoms with Crippen molar-refractivity contribution in [1.29, 1.82) is 0 Å². The Morgan fingerprint density at radius 2 is 2.12 bits per heavy atom. The van der Waals surface area contributed by atoms with Crippen LogP contribution in [0.3, 0.4) is 0 Å². The smallest absolute Gasteiger partial charge is 0.255 e. The van der Waals surface area contributed by atoms with Gasteiger partial charge in [0, 0.05) is 17.6 Å². The minimum absolute atomic E-state index is 0.0409. The molecule has 6 nitrogen and oxygen atoms in total. The van der Waals surface area contributed by atoms with Gasteiger partial charge in [0.2, 0.25) is 5.91 Å². The van der Waals surface area contributed by atoms with Gasteiger partial charge in [-0.2, -0.15) is 0 Å². The van der Waals surface area contributed by atoms with Gasteiger partial charge in [-0.3, -0.25) is 9.59 Å². The van der Waals surface area contributed by atoms with Crippen molar-refractivity contribution in [3.8, 4) is 5.75 Å². The second kappa shape index (κ2) is 6.53. The molecule has 0 aliphatic carbocycles. The lowest BCUT2D eigenvalue weighted by atomic mass is 10.1. The summed E-state index contributed by atoms with van der Waals surface area (Å²) in [4.78, 5) is 27.1. The normalized spacial score (nSPS) is 20.8. The summed E-state index contributed by atoms with van der Waals surface area (Å²) in [6.07, 6.45) is 0.550. The van der Waals surface area contributed by atoms with E-state index in [1.165, 1.54) is 7.11 Å². The highest BCUT2D eigenvalue weighted by Gasteiger charge is 2.41. The van der Waals surface area contributed by atoms with Crippen molar-refractivity contribution in [1.82, 2.24) is 5.32 Å². The molecule has 2 atom stereocenters. The van der Waals surface area contributed by atoms with Gasteiger partial charge in [0.05, 0.1) is 24.0 Å². The van der Waals surface area contributed by atoms with Crippen molar-refractivity contribution >= 4 is 34.8 Å². The number of nitrogens with zero attached hydrogens (tertiary/aromatic N) is 1. The molecule has 2 aromatic carbocycles. The lowest BCUT2D eigenvalue weighted by molar-refractivity contribution is -0.117. The summed E-state index contributed by atoms with van der Waals surface area (Å²) in [7, 11) is 1.51. The van der Waals surface area contributed by atoms with Gasteiger partial charge in [-0.25, -0.2) is 0 Å². The summed E-state index contributed by atoms with van der Waals surface area (Å²) in [6, 6.07) is 12.2. The van der Waals surface area contributed by atoms with E-state index < -0.39 is 0 Å². The Morgan fingerprint density at radius 3 is 2.92 bits per heavy atom. The molecule has 2 aliphatic heterocycles. The highest BCUT2D eigenvalue weighted by molar-refractivity contribution is 6.31. The molecule has 134 valence electrons. The number of benzene rings is 2. The van der Waals surface area contributed by atoms with Gasteiger partial charge < -0.3 is 20.3 Å². The molecule has 2 aromatic rings. The Hall–Kier alpha value is -2.73. The maximum atomic E-state index is 12.7. The lowest BCUT2D eigenvalue weighted by Gasteiger charge is -2.32. The zero-order chi connectivity index (χ0) is 18.3. The molecule has 2 heterocycles. The van der Waals surface area contributed by atoms with Crippen LogP contribution >= 0.6 is 11.6 Å². The van der Waals surface area contributed by atoms with Gasteiger partial charge in [0.25, 0.3) is 5.91 Å². The molecule has 0 unspecified atom stereocenters. The topological polar surface area (TPSA) is 70.7 Å². The average molecular weight is 372 g/mol.